The van der Waals surface area contributed by atoms with E-state index >= 15 is 0 Å². The second-order valence-electron chi connectivity index (χ2n) is 4.35. The van der Waals surface area contributed by atoms with E-state index < -0.39 is 6.10 Å². The van der Waals surface area contributed by atoms with Crippen molar-refractivity contribution in [2.45, 2.75) is 31.8 Å². The summed E-state index contributed by atoms with van der Waals surface area (Å²) in [7, 11) is 0. The Kier molecular flexibility index (Phi) is 3.76. The van der Waals surface area contributed by atoms with Gasteiger partial charge >= 0.3 is 0 Å². The number of nitrogens with one attached hydrogen (secondary N) is 1. The first-order valence-electron chi connectivity index (χ1n) is 5.92. The van der Waals surface area contributed by atoms with Crippen LogP contribution in [0, 0.1) is 0 Å². The average Bonchev–Trinajstić information content (AvgIpc) is 2.35. The molecule has 17 heavy (non-hydrogen) atoms. The standard InChI is InChI=1S/C13H17NO3/c15-7-1-2-12(16)10-3-5-11-9(8-10)4-6-13(17)14-11/h3,5,8,12,15-16H,1-2,4,6-7H2,(H,14,17). The van der Waals surface area contributed by atoms with Crippen LogP contribution in [0.4, 0.5) is 5.69 Å². The summed E-state index contributed by atoms with van der Waals surface area (Å²) in [6.45, 7) is 0.0953. The summed E-state index contributed by atoms with van der Waals surface area (Å²) in [5.41, 5.74) is 2.78. The molecule has 3 N–H and O–H groups in total. The zero-order valence-corrected chi connectivity index (χ0v) is 9.65. The number of rotatable bonds is 4. The van der Waals surface area contributed by atoms with Crippen molar-refractivity contribution >= 4 is 11.6 Å². The molecule has 0 spiro atoms. The highest BCUT2D eigenvalue weighted by Gasteiger charge is 2.16. The molecule has 1 aromatic carbocycles. The van der Waals surface area contributed by atoms with Crippen LogP contribution in [0.2, 0.25) is 0 Å². The Morgan fingerprint density at radius 1 is 1.35 bits per heavy atom. The predicted molar refractivity (Wildman–Crippen MR) is 64.7 cm³/mol. The molecule has 2 rings (SSSR count). The summed E-state index contributed by atoms with van der Waals surface area (Å²) in [5, 5.41) is 21.4. The van der Waals surface area contributed by atoms with Crippen LogP contribution in [-0.4, -0.2) is 22.7 Å². The smallest absolute Gasteiger partial charge is 0.224 e. The van der Waals surface area contributed by atoms with Crippen LogP contribution in [0.5, 0.6) is 0 Å². The zero-order chi connectivity index (χ0) is 12.3. The second kappa shape index (κ2) is 5.29. The van der Waals surface area contributed by atoms with Gasteiger partial charge in [-0.25, -0.2) is 0 Å². The van der Waals surface area contributed by atoms with Gasteiger partial charge in [0.15, 0.2) is 0 Å². The Morgan fingerprint density at radius 3 is 2.94 bits per heavy atom. The van der Waals surface area contributed by atoms with Gasteiger partial charge in [0.05, 0.1) is 6.10 Å². The number of hydrogen-bond donors (Lipinski definition) is 3. The lowest BCUT2D eigenvalue weighted by atomic mass is 9.97. The number of anilines is 1. The SMILES string of the molecule is O=C1CCc2cc(C(O)CCCO)ccc2N1. The number of carbonyl (C=O) groups is 1. The number of carbonyl (C=O) groups excluding carboxylic acids is 1. The molecular formula is C13H17NO3. The monoisotopic (exact) mass is 235 g/mol. The zero-order valence-electron chi connectivity index (χ0n) is 9.65. The summed E-state index contributed by atoms with van der Waals surface area (Å²) in [5.74, 6) is 0.0473. The van der Waals surface area contributed by atoms with Crippen LogP contribution >= 0.6 is 0 Å². The van der Waals surface area contributed by atoms with Crippen LogP contribution in [0.3, 0.4) is 0 Å². The first-order valence-corrected chi connectivity index (χ1v) is 5.92. The van der Waals surface area contributed by atoms with Gasteiger partial charge in [-0.1, -0.05) is 12.1 Å². The van der Waals surface area contributed by atoms with Gasteiger partial charge in [0, 0.05) is 18.7 Å². The molecule has 4 heteroatoms. The maximum Gasteiger partial charge on any atom is 0.224 e. The molecule has 1 aliphatic rings. The number of amides is 1. The van der Waals surface area contributed by atoms with Crippen LogP contribution in [0.15, 0.2) is 18.2 Å². The number of aliphatic hydroxyl groups is 2. The van der Waals surface area contributed by atoms with Crippen molar-refractivity contribution in [3.63, 3.8) is 0 Å². The van der Waals surface area contributed by atoms with E-state index in [2.05, 4.69) is 5.32 Å². The Balaban J connectivity index is 2.13. The maximum atomic E-state index is 11.2. The molecule has 92 valence electrons. The topological polar surface area (TPSA) is 69.6 Å². The largest absolute Gasteiger partial charge is 0.396 e. The summed E-state index contributed by atoms with van der Waals surface area (Å²) in [4.78, 5) is 11.2. The van der Waals surface area contributed by atoms with Gasteiger partial charge in [-0.3, -0.25) is 4.79 Å². The number of benzene rings is 1. The first kappa shape index (κ1) is 12.1. The van der Waals surface area contributed by atoms with Gasteiger partial charge in [-0.15, -0.1) is 0 Å². The molecule has 1 aromatic rings. The highest BCUT2D eigenvalue weighted by atomic mass is 16.3. The van der Waals surface area contributed by atoms with Gasteiger partial charge in [0.25, 0.3) is 0 Å². The summed E-state index contributed by atoms with van der Waals surface area (Å²) >= 11 is 0. The molecule has 1 atom stereocenters. The van der Waals surface area contributed by atoms with Crippen molar-refractivity contribution in [1.29, 1.82) is 0 Å². The van der Waals surface area contributed by atoms with Crippen molar-refractivity contribution in [2.75, 3.05) is 11.9 Å². The van der Waals surface area contributed by atoms with Crippen LogP contribution < -0.4 is 5.32 Å². The molecule has 0 saturated heterocycles. The molecule has 0 radical (unpaired) electrons. The molecule has 4 nitrogen and oxygen atoms in total. The molecule has 0 aliphatic carbocycles. The third kappa shape index (κ3) is 2.84. The minimum Gasteiger partial charge on any atom is -0.396 e. The van der Waals surface area contributed by atoms with E-state index in [0.29, 0.717) is 19.3 Å². The predicted octanol–water partition coefficient (Wildman–Crippen LogP) is 1.38. The van der Waals surface area contributed by atoms with Gasteiger partial charge < -0.3 is 15.5 Å². The first-order chi connectivity index (χ1) is 8.20. The Bertz CT molecular complexity index is 417. The summed E-state index contributed by atoms with van der Waals surface area (Å²) in [6, 6.07) is 5.60. The fourth-order valence-electron chi connectivity index (χ4n) is 2.06. The Labute approximate surface area is 100 Å². The van der Waals surface area contributed by atoms with Crippen molar-refractivity contribution in [3.8, 4) is 0 Å². The van der Waals surface area contributed by atoms with Crippen molar-refractivity contribution < 1.29 is 15.0 Å². The van der Waals surface area contributed by atoms with Crippen LogP contribution in [0.25, 0.3) is 0 Å². The number of aliphatic hydroxyl groups excluding tert-OH is 2. The fraction of sp³-hybridized carbons (Fsp3) is 0.462. The van der Waals surface area contributed by atoms with E-state index in [1.807, 2.05) is 18.2 Å². The average molecular weight is 235 g/mol. The number of fused-ring (bicyclic) bond motifs is 1. The molecule has 0 fully saturated rings. The van der Waals surface area contributed by atoms with E-state index in [9.17, 15) is 9.90 Å². The molecular weight excluding hydrogens is 218 g/mol. The van der Waals surface area contributed by atoms with Crippen LogP contribution in [-0.2, 0) is 11.2 Å². The van der Waals surface area contributed by atoms with E-state index in [4.69, 9.17) is 5.11 Å². The number of hydrogen-bond acceptors (Lipinski definition) is 3. The third-order valence-corrected chi connectivity index (χ3v) is 3.05. The summed E-state index contributed by atoms with van der Waals surface area (Å²) in [6.07, 6.45) is 1.84. The highest BCUT2D eigenvalue weighted by molar-refractivity contribution is 5.93. The second-order valence-corrected chi connectivity index (χ2v) is 4.35. The highest BCUT2D eigenvalue weighted by Crippen LogP contribution is 2.27. The summed E-state index contributed by atoms with van der Waals surface area (Å²) < 4.78 is 0. The van der Waals surface area contributed by atoms with Gasteiger partial charge in [0.2, 0.25) is 5.91 Å². The van der Waals surface area contributed by atoms with Crippen molar-refractivity contribution in [2.24, 2.45) is 0 Å². The van der Waals surface area contributed by atoms with Crippen molar-refractivity contribution in [1.82, 2.24) is 0 Å². The molecule has 1 amide bonds. The maximum absolute atomic E-state index is 11.2. The van der Waals surface area contributed by atoms with E-state index in [-0.39, 0.29) is 12.5 Å². The normalized spacial score (nSPS) is 16.2. The third-order valence-electron chi connectivity index (χ3n) is 3.05. The van der Waals surface area contributed by atoms with E-state index in [1.54, 1.807) is 0 Å². The minimum absolute atomic E-state index is 0.0473. The Hall–Kier alpha value is -1.39. The lowest BCUT2D eigenvalue weighted by Crippen LogP contribution is -2.19. The fourth-order valence-corrected chi connectivity index (χ4v) is 2.06. The lowest BCUT2D eigenvalue weighted by Gasteiger charge is -2.19. The molecule has 1 unspecified atom stereocenters. The molecule has 1 heterocycles. The quantitative estimate of drug-likeness (QED) is 0.738. The van der Waals surface area contributed by atoms with Crippen LogP contribution in [0.1, 0.15) is 36.5 Å². The van der Waals surface area contributed by atoms with Crippen molar-refractivity contribution in [3.05, 3.63) is 29.3 Å². The number of aryl methyl sites for hydroxylation is 1. The lowest BCUT2D eigenvalue weighted by molar-refractivity contribution is -0.116. The van der Waals surface area contributed by atoms with E-state index in [0.717, 1.165) is 23.2 Å². The van der Waals surface area contributed by atoms with E-state index in [1.165, 1.54) is 0 Å². The molecule has 1 aliphatic heterocycles. The molecule has 0 aromatic heterocycles. The van der Waals surface area contributed by atoms with Gasteiger partial charge in [-0.2, -0.15) is 0 Å². The molecule has 0 bridgehead atoms. The van der Waals surface area contributed by atoms with Gasteiger partial charge in [-0.05, 0) is 36.5 Å². The minimum atomic E-state index is -0.537. The molecule has 0 saturated carbocycles. The van der Waals surface area contributed by atoms with Gasteiger partial charge in [0.1, 0.15) is 0 Å². The Morgan fingerprint density at radius 2 is 2.18 bits per heavy atom.